The number of aryl methyl sites for hydroxylation is 1. The first-order valence-corrected chi connectivity index (χ1v) is 12.4. The van der Waals surface area contributed by atoms with Gasteiger partial charge in [0.25, 0.3) is 5.91 Å². The molecule has 4 rings (SSSR count). The zero-order chi connectivity index (χ0) is 22.2. The number of carbonyl (C=O) groups is 1. The molecule has 0 aromatic carbocycles. The van der Waals surface area contributed by atoms with Gasteiger partial charge in [0.2, 0.25) is 5.95 Å². The van der Waals surface area contributed by atoms with Gasteiger partial charge in [0, 0.05) is 64.7 Å². The Hall–Kier alpha value is -2.53. The average molecular weight is 448 g/mol. The Morgan fingerprint density at radius 3 is 2.32 bits per heavy atom. The van der Waals surface area contributed by atoms with E-state index in [4.69, 9.17) is 4.98 Å². The summed E-state index contributed by atoms with van der Waals surface area (Å²) < 4.78 is 26.4. The summed E-state index contributed by atoms with van der Waals surface area (Å²) in [6.07, 6.45) is 5.58. The van der Waals surface area contributed by atoms with E-state index in [0.717, 1.165) is 26.2 Å². The molecule has 0 bridgehead atoms. The fraction of sp³-hybridized carbons (Fsp3) is 0.600. The first-order valence-electron chi connectivity index (χ1n) is 10.5. The number of piperidine rings is 1. The van der Waals surface area contributed by atoms with Gasteiger partial charge in [-0.25, -0.2) is 18.4 Å². The number of hydrogen-bond acceptors (Lipinski definition) is 8. The van der Waals surface area contributed by atoms with Crippen LogP contribution in [-0.2, 0) is 16.9 Å². The van der Waals surface area contributed by atoms with E-state index in [1.165, 1.54) is 12.5 Å². The van der Waals surface area contributed by atoms with Gasteiger partial charge in [0.1, 0.15) is 10.6 Å². The average Bonchev–Trinajstić information content (AvgIpc) is 3.18. The van der Waals surface area contributed by atoms with Crippen molar-refractivity contribution in [1.82, 2.24) is 29.5 Å². The number of anilines is 1. The van der Waals surface area contributed by atoms with Gasteiger partial charge in [-0.3, -0.25) is 9.48 Å². The number of likely N-dealkylation sites (N-methyl/N-ethyl adjacent to an activating group) is 1. The molecule has 31 heavy (non-hydrogen) atoms. The van der Waals surface area contributed by atoms with E-state index in [2.05, 4.69) is 26.9 Å². The second kappa shape index (κ2) is 8.54. The third kappa shape index (κ3) is 4.57. The molecule has 168 valence electrons. The van der Waals surface area contributed by atoms with Crippen molar-refractivity contribution in [2.75, 3.05) is 57.5 Å². The molecular formula is C20H29N7O3S. The van der Waals surface area contributed by atoms with E-state index in [0.29, 0.717) is 43.3 Å². The van der Waals surface area contributed by atoms with Gasteiger partial charge >= 0.3 is 0 Å². The second-order valence-electron chi connectivity index (χ2n) is 8.39. The number of hydrogen-bond donors (Lipinski definition) is 0. The Balaban J connectivity index is 1.54. The Morgan fingerprint density at radius 1 is 1.06 bits per heavy atom. The van der Waals surface area contributed by atoms with Crippen molar-refractivity contribution < 1.29 is 13.2 Å². The van der Waals surface area contributed by atoms with E-state index in [-0.39, 0.29) is 16.7 Å². The van der Waals surface area contributed by atoms with Gasteiger partial charge in [-0.05, 0) is 26.0 Å². The predicted molar refractivity (Wildman–Crippen MR) is 116 cm³/mol. The van der Waals surface area contributed by atoms with E-state index < -0.39 is 9.84 Å². The minimum absolute atomic E-state index is 0.0328. The molecule has 10 nitrogen and oxygen atoms in total. The van der Waals surface area contributed by atoms with Crippen molar-refractivity contribution in [3.05, 3.63) is 29.8 Å². The zero-order valence-electron chi connectivity index (χ0n) is 18.2. The first-order chi connectivity index (χ1) is 14.7. The van der Waals surface area contributed by atoms with E-state index in [1.807, 2.05) is 0 Å². The van der Waals surface area contributed by atoms with Crippen LogP contribution in [0.1, 0.15) is 34.9 Å². The molecule has 2 aromatic rings. The quantitative estimate of drug-likeness (QED) is 0.663. The highest BCUT2D eigenvalue weighted by Gasteiger charge is 2.31. The van der Waals surface area contributed by atoms with Crippen LogP contribution in [-0.4, -0.2) is 96.4 Å². The number of amides is 1. The van der Waals surface area contributed by atoms with Crippen LogP contribution in [0.25, 0.3) is 0 Å². The van der Waals surface area contributed by atoms with Crippen LogP contribution in [0.3, 0.4) is 0 Å². The van der Waals surface area contributed by atoms with Crippen LogP contribution in [0.5, 0.6) is 0 Å². The molecule has 0 saturated carbocycles. The van der Waals surface area contributed by atoms with Gasteiger partial charge in [-0.15, -0.1) is 0 Å². The smallest absolute Gasteiger partial charge is 0.272 e. The molecule has 1 amide bonds. The molecule has 2 fully saturated rings. The number of piperazine rings is 1. The normalized spacial score (nSPS) is 19.1. The Bertz CT molecular complexity index is 1050. The summed E-state index contributed by atoms with van der Waals surface area (Å²) in [7, 11) is 0.376. The zero-order valence-corrected chi connectivity index (χ0v) is 19.0. The van der Waals surface area contributed by atoms with Crippen molar-refractivity contribution in [3.8, 4) is 0 Å². The molecular weight excluding hydrogens is 418 g/mol. The van der Waals surface area contributed by atoms with Gasteiger partial charge < -0.3 is 14.7 Å². The van der Waals surface area contributed by atoms with Crippen LogP contribution < -0.4 is 4.90 Å². The minimum atomic E-state index is -3.45. The SMILES string of the molecule is CN1CCN(c2ncc(S(C)(=O)=O)c(C3CCN(C(=O)c4ccnn4C)CC3)n2)CC1. The van der Waals surface area contributed by atoms with Crippen LogP contribution in [0.15, 0.2) is 23.4 Å². The van der Waals surface area contributed by atoms with Crippen LogP contribution in [0, 0.1) is 0 Å². The second-order valence-corrected chi connectivity index (χ2v) is 10.4. The van der Waals surface area contributed by atoms with Gasteiger partial charge in [-0.2, -0.15) is 5.10 Å². The Morgan fingerprint density at radius 2 is 1.74 bits per heavy atom. The van der Waals surface area contributed by atoms with Crippen molar-refractivity contribution in [1.29, 1.82) is 0 Å². The van der Waals surface area contributed by atoms with Gasteiger partial charge in [0.15, 0.2) is 9.84 Å². The summed E-state index contributed by atoms with van der Waals surface area (Å²) in [6.45, 7) is 4.55. The molecule has 0 radical (unpaired) electrons. The monoisotopic (exact) mass is 447 g/mol. The lowest BCUT2D eigenvalue weighted by molar-refractivity contribution is 0.0700. The molecule has 2 aliphatic rings. The van der Waals surface area contributed by atoms with Crippen LogP contribution >= 0.6 is 0 Å². The summed E-state index contributed by atoms with van der Waals surface area (Å²) in [5, 5.41) is 4.07. The lowest BCUT2D eigenvalue weighted by Crippen LogP contribution is -2.45. The molecule has 0 N–H and O–H groups in total. The fourth-order valence-electron chi connectivity index (χ4n) is 4.21. The van der Waals surface area contributed by atoms with E-state index in [9.17, 15) is 13.2 Å². The van der Waals surface area contributed by atoms with Gasteiger partial charge in [-0.1, -0.05) is 0 Å². The van der Waals surface area contributed by atoms with Crippen molar-refractivity contribution >= 4 is 21.7 Å². The maximum atomic E-state index is 12.8. The summed E-state index contributed by atoms with van der Waals surface area (Å²) in [5.41, 5.74) is 1.13. The van der Waals surface area contributed by atoms with Crippen molar-refractivity contribution in [2.45, 2.75) is 23.7 Å². The van der Waals surface area contributed by atoms with Crippen molar-refractivity contribution in [2.24, 2.45) is 7.05 Å². The molecule has 2 aromatic heterocycles. The molecule has 0 atom stereocenters. The largest absolute Gasteiger partial charge is 0.338 e. The van der Waals surface area contributed by atoms with Gasteiger partial charge in [0.05, 0.1) is 11.9 Å². The molecule has 0 unspecified atom stereocenters. The standard InChI is InChI=1S/C20H29N7O3S/c1-24-10-12-27(13-11-24)20-21-14-17(31(3,29)30)18(23-20)15-5-8-26(9-6-15)19(28)16-4-7-22-25(16)2/h4,7,14-15H,5-6,8-13H2,1-3H3. The van der Waals surface area contributed by atoms with Crippen molar-refractivity contribution in [3.63, 3.8) is 0 Å². The predicted octanol–water partition coefficient (Wildman–Crippen LogP) is 0.385. The molecule has 11 heteroatoms. The number of carbonyl (C=O) groups excluding carboxylic acids is 1. The van der Waals surface area contributed by atoms with Crippen LogP contribution in [0.4, 0.5) is 5.95 Å². The van der Waals surface area contributed by atoms with E-state index >= 15 is 0 Å². The van der Waals surface area contributed by atoms with E-state index in [1.54, 1.807) is 28.9 Å². The molecule has 2 saturated heterocycles. The lowest BCUT2D eigenvalue weighted by atomic mass is 9.93. The van der Waals surface area contributed by atoms with Crippen LogP contribution in [0.2, 0.25) is 0 Å². The highest BCUT2D eigenvalue weighted by atomic mass is 32.2. The highest BCUT2D eigenvalue weighted by molar-refractivity contribution is 7.90. The third-order valence-electron chi connectivity index (χ3n) is 6.16. The molecule has 0 aliphatic carbocycles. The summed E-state index contributed by atoms with van der Waals surface area (Å²) in [5.74, 6) is 0.501. The Kier molecular flexibility index (Phi) is 5.98. The summed E-state index contributed by atoms with van der Waals surface area (Å²) in [4.78, 5) is 28.2. The maximum absolute atomic E-state index is 12.8. The number of likely N-dealkylation sites (tertiary alicyclic amines) is 1. The summed E-state index contributed by atoms with van der Waals surface area (Å²) in [6, 6.07) is 1.71. The fourth-order valence-corrected chi connectivity index (χ4v) is 5.05. The topological polar surface area (TPSA) is 105 Å². The lowest BCUT2D eigenvalue weighted by Gasteiger charge is -2.34. The number of rotatable bonds is 4. The number of aromatic nitrogens is 4. The molecule has 2 aliphatic heterocycles. The minimum Gasteiger partial charge on any atom is -0.338 e. The number of sulfone groups is 1. The highest BCUT2D eigenvalue weighted by Crippen LogP contribution is 2.32. The Labute approximate surface area is 182 Å². The summed E-state index contributed by atoms with van der Waals surface area (Å²) >= 11 is 0. The maximum Gasteiger partial charge on any atom is 0.272 e. The molecule has 4 heterocycles. The molecule has 0 spiro atoms. The third-order valence-corrected chi connectivity index (χ3v) is 7.28. The number of nitrogens with zero attached hydrogens (tertiary/aromatic N) is 7. The first kappa shape index (κ1) is 21.7.